The molecule has 0 saturated carbocycles. The van der Waals surface area contributed by atoms with Crippen molar-refractivity contribution in [3.63, 3.8) is 0 Å². The first kappa shape index (κ1) is 13.1. The third kappa shape index (κ3) is 3.34. The third-order valence-corrected chi connectivity index (χ3v) is 3.24. The van der Waals surface area contributed by atoms with Crippen molar-refractivity contribution in [2.45, 2.75) is 12.3 Å². The molecular formula is C14H18ClN3. The molecule has 1 atom stereocenters. The predicted octanol–water partition coefficient (Wildman–Crippen LogP) is 3.15. The van der Waals surface area contributed by atoms with E-state index in [2.05, 4.69) is 41.1 Å². The van der Waals surface area contributed by atoms with E-state index in [-0.39, 0.29) is 0 Å². The van der Waals surface area contributed by atoms with Gasteiger partial charge in [0.05, 0.1) is 0 Å². The van der Waals surface area contributed by atoms with Gasteiger partial charge in [-0.2, -0.15) is 0 Å². The first-order valence-corrected chi connectivity index (χ1v) is 6.44. The second-order valence-corrected chi connectivity index (χ2v) is 5.11. The highest BCUT2D eigenvalue weighted by molar-refractivity contribution is 6.30. The minimum atomic E-state index is 0.291. The Morgan fingerprint density at radius 2 is 2.00 bits per heavy atom. The first-order chi connectivity index (χ1) is 8.66. The second-order valence-electron chi connectivity index (χ2n) is 4.67. The highest BCUT2D eigenvalue weighted by Gasteiger charge is 2.16. The van der Waals surface area contributed by atoms with E-state index in [4.69, 9.17) is 11.6 Å². The van der Waals surface area contributed by atoms with Crippen molar-refractivity contribution in [2.75, 3.05) is 20.6 Å². The maximum absolute atomic E-state index is 5.94. The SMILES string of the molecule is CN(C)CCC(c1ccc(Cl)cc1)c1ncc[nH]1. The van der Waals surface area contributed by atoms with E-state index in [1.807, 2.05) is 18.3 Å². The minimum Gasteiger partial charge on any atom is -0.348 e. The van der Waals surface area contributed by atoms with Gasteiger partial charge in [0.25, 0.3) is 0 Å². The van der Waals surface area contributed by atoms with Crippen LogP contribution < -0.4 is 0 Å². The van der Waals surface area contributed by atoms with Crippen LogP contribution in [0.3, 0.4) is 0 Å². The van der Waals surface area contributed by atoms with Gasteiger partial charge in [-0.25, -0.2) is 4.98 Å². The molecule has 0 amide bonds. The largest absolute Gasteiger partial charge is 0.348 e. The normalized spacial score (nSPS) is 12.9. The number of rotatable bonds is 5. The van der Waals surface area contributed by atoms with Gasteiger partial charge in [-0.05, 0) is 44.8 Å². The molecule has 1 aromatic heterocycles. The number of hydrogen-bond acceptors (Lipinski definition) is 2. The molecule has 0 aliphatic rings. The Kier molecular flexibility index (Phi) is 4.39. The van der Waals surface area contributed by atoms with Gasteiger partial charge >= 0.3 is 0 Å². The lowest BCUT2D eigenvalue weighted by molar-refractivity contribution is 0.388. The maximum atomic E-state index is 5.94. The highest BCUT2D eigenvalue weighted by atomic mass is 35.5. The van der Waals surface area contributed by atoms with Crippen molar-refractivity contribution < 1.29 is 0 Å². The number of aromatic amines is 1. The standard InChI is InChI=1S/C14H18ClN3/c1-18(2)10-7-13(14-16-8-9-17-14)11-3-5-12(15)6-4-11/h3-6,8-9,13H,7,10H2,1-2H3,(H,16,17). The fourth-order valence-electron chi connectivity index (χ4n) is 2.01. The van der Waals surface area contributed by atoms with Gasteiger partial charge in [0, 0.05) is 23.3 Å². The van der Waals surface area contributed by atoms with Crippen LogP contribution in [-0.4, -0.2) is 35.5 Å². The van der Waals surface area contributed by atoms with Crippen LogP contribution in [0.4, 0.5) is 0 Å². The number of nitrogens with zero attached hydrogens (tertiary/aromatic N) is 2. The van der Waals surface area contributed by atoms with E-state index in [1.54, 1.807) is 6.20 Å². The summed E-state index contributed by atoms with van der Waals surface area (Å²) in [6.07, 6.45) is 4.70. The van der Waals surface area contributed by atoms with E-state index in [1.165, 1.54) is 5.56 Å². The number of halogens is 1. The maximum Gasteiger partial charge on any atom is 0.113 e. The lowest BCUT2D eigenvalue weighted by atomic mass is 9.95. The van der Waals surface area contributed by atoms with Crippen LogP contribution in [0.5, 0.6) is 0 Å². The molecule has 0 bridgehead atoms. The van der Waals surface area contributed by atoms with Crippen LogP contribution in [0, 0.1) is 0 Å². The molecule has 2 aromatic rings. The predicted molar refractivity (Wildman–Crippen MR) is 75.1 cm³/mol. The molecule has 4 heteroatoms. The van der Waals surface area contributed by atoms with Crippen LogP contribution in [0.25, 0.3) is 0 Å². The van der Waals surface area contributed by atoms with Gasteiger partial charge in [0.15, 0.2) is 0 Å². The Hall–Kier alpha value is -1.32. The molecule has 3 nitrogen and oxygen atoms in total. The number of imidazole rings is 1. The molecule has 0 aliphatic heterocycles. The molecule has 2 rings (SSSR count). The smallest absolute Gasteiger partial charge is 0.113 e. The lowest BCUT2D eigenvalue weighted by Crippen LogP contribution is -2.17. The van der Waals surface area contributed by atoms with Gasteiger partial charge in [0.2, 0.25) is 0 Å². The van der Waals surface area contributed by atoms with Crippen molar-refractivity contribution in [1.29, 1.82) is 0 Å². The summed E-state index contributed by atoms with van der Waals surface area (Å²) in [6.45, 7) is 1.02. The van der Waals surface area contributed by atoms with Crippen LogP contribution >= 0.6 is 11.6 Å². The van der Waals surface area contributed by atoms with Crippen LogP contribution in [0.15, 0.2) is 36.7 Å². The van der Waals surface area contributed by atoms with E-state index in [0.29, 0.717) is 5.92 Å². The first-order valence-electron chi connectivity index (χ1n) is 6.06. The Balaban J connectivity index is 2.21. The van der Waals surface area contributed by atoms with Gasteiger partial charge in [0.1, 0.15) is 5.82 Å². The molecule has 96 valence electrons. The Morgan fingerprint density at radius 1 is 1.28 bits per heavy atom. The van der Waals surface area contributed by atoms with Gasteiger partial charge < -0.3 is 9.88 Å². The summed E-state index contributed by atoms with van der Waals surface area (Å²) < 4.78 is 0. The summed E-state index contributed by atoms with van der Waals surface area (Å²) in [4.78, 5) is 9.78. The number of hydrogen-bond donors (Lipinski definition) is 1. The third-order valence-electron chi connectivity index (χ3n) is 2.99. The van der Waals surface area contributed by atoms with Crippen molar-refractivity contribution in [1.82, 2.24) is 14.9 Å². The molecule has 0 saturated heterocycles. The Bertz CT molecular complexity index is 462. The van der Waals surface area contributed by atoms with Crippen molar-refractivity contribution >= 4 is 11.6 Å². The zero-order chi connectivity index (χ0) is 13.0. The van der Waals surface area contributed by atoms with Gasteiger partial charge in [-0.3, -0.25) is 0 Å². The fraction of sp³-hybridized carbons (Fsp3) is 0.357. The average Bonchev–Trinajstić information content (AvgIpc) is 2.85. The molecule has 0 fully saturated rings. The van der Waals surface area contributed by atoms with E-state index < -0.39 is 0 Å². The van der Waals surface area contributed by atoms with E-state index >= 15 is 0 Å². The lowest BCUT2D eigenvalue weighted by Gasteiger charge is -2.18. The second kappa shape index (κ2) is 6.03. The quantitative estimate of drug-likeness (QED) is 0.899. The molecule has 0 aliphatic carbocycles. The number of aromatic nitrogens is 2. The average molecular weight is 264 g/mol. The summed E-state index contributed by atoms with van der Waals surface area (Å²) in [5, 5.41) is 0.768. The van der Waals surface area contributed by atoms with Crippen LogP contribution in [0.2, 0.25) is 5.02 Å². The Labute approximate surface area is 113 Å². The molecule has 1 unspecified atom stereocenters. The monoisotopic (exact) mass is 263 g/mol. The molecule has 0 radical (unpaired) electrons. The van der Waals surface area contributed by atoms with Gasteiger partial charge in [-0.15, -0.1) is 0 Å². The Morgan fingerprint density at radius 3 is 2.56 bits per heavy atom. The molecule has 18 heavy (non-hydrogen) atoms. The van der Waals surface area contributed by atoms with Crippen LogP contribution in [-0.2, 0) is 0 Å². The fourth-order valence-corrected chi connectivity index (χ4v) is 2.14. The molecule has 1 N–H and O–H groups in total. The summed E-state index contributed by atoms with van der Waals surface area (Å²) in [7, 11) is 4.17. The van der Waals surface area contributed by atoms with Crippen molar-refractivity contribution in [2.24, 2.45) is 0 Å². The van der Waals surface area contributed by atoms with Crippen molar-refractivity contribution in [3.05, 3.63) is 53.1 Å². The van der Waals surface area contributed by atoms with Crippen molar-refractivity contribution in [3.8, 4) is 0 Å². The topological polar surface area (TPSA) is 31.9 Å². The summed E-state index contributed by atoms with van der Waals surface area (Å²) in [5.41, 5.74) is 1.25. The zero-order valence-electron chi connectivity index (χ0n) is 10.7. The molecule has 0 spiro atoms. The van der Waals surface area contributed by atoms with E-state index in [0.717, 1.165) is 23.8 Å². The summed E-state index contributed by atoms with van der Waals surface area (Å²) in [6, 6.07) is 8.02. The number of nitrogens with one attached hydrogen (secondary N) is 1. The van der Waals surface area contributed by atoms with Crippen LogP contribution in [0.1, 0.15) is 23.7 Å². The number of benzene rings is 1. The summed E-state index contributed by atoms with van der Waals surface area (Å²) in [5.74, 6) is 1.30. The number of H-pyrrole nitrogens is 1. The molecule has 1 aromatic carbocycles. The minimum absolute atomic E-state index is 0.291. The van der Waals surface area contributed by atoms with Gasteiger partial charge in [-0.1, -0.05) is 23.7 Å². The summed E-state index contributed by atoms with van der Waals surface area (Å²) >= 11 is 5.94. The van der Waals surface area contributed by atoms with E-state index in [9.17, 15) is 0 Å². The molecule has 1 heterocycles. The zero-order valence-corrected chi connectivity index (χ0v) is 11.5. The molecular weight excluding hydrogens is 246 g/mol. The highest BCUT2D eigenvalue weighted by Crippen LogP contribution is 2.26.